The van der Waals surface area contributed by atoms with E-state index in [-0.39, 0.29) is 0 Å². The quantitative estimate of drug-likeness (QED) is 0.277. The van der Waals surface area contributed by atoms with Crippen LogP contribution in [0.1, 0.15) is 5.56 Å². The van der Waals surface area contributed by atoms with E-state index in [2.05, 4.69) is 16.3 Å². The van der Waals surface area contributed by atoms with Crippen molar-refractivity contribution in [1.82, 2.24) is 0 Å². The summed E-state index contributed by atoms with van der Waals surface area (Å²) in [5.41, 5.74) is 1.32. The van der Waals surface area contributed by atoms with Crippen LogP contribution in [0.15, 0.2) is 34.6 Å². The van der Waals surface area contributed by atoms with Crippen molar-refractivity contribution in [3.63, 3.8) is 0 Å². The molecule has 0 fully saturated rings. The van der Waals surface area contributed by atoms with Crippen LogP contribution in [0.25, 0.3) is 0 Å². The predicted octanol–water partition coefficient (Wildman–Crippen LogP) is 1.63. The summed E-state index contributed by atoms with van der Waals surface area (Å²) in [7, 11) is 0. The molecule has 0 radical (unpaired) electrons. The molecule has 0 heterocycles. The summed E-state index contributed by atoms with van der Waals surface area (Å²) in [6.07, 6.45) is 5.19. The number of nitrogens with zero attached hydrogens (tertiary/aromatic N) is 2. The van der Waals surface area contributed by atoms with Crippen LogP contribution in [0, 0.1) is 12.3 Å². The molecule has 1 rings (SSSR count). The van der Waals surface area contributed by atoms with Gasteiger partial charge in [0.05, 0.1) is 5.56 Å². The zero-order valence-electron chi connectivity index (χ0n) is 5.86. The van der Waals surface area contributed by atoms with Gasteiger partial charge in [-0.15, -0.1) is 11.5 Å². The second kappa shape index (κ2) is 3.37. The first-order chi connectivity index (χ1) is 5.38. The molecule has 1 aromatic carbocycles. The normalized spacial score (nSPS) is 9.73. The summed E-state index contributed by atoms with van der Waals surface area (Å²) < 4.78 is 0. The lowest BCUT2D eigenvalue weighted by atomic mass is 10.2. The van der Waals surface area contributed by atoms with Crippen LogP contribution in [0.5, 0.6) is 0 Å². The zero-order valence-corrected chi connectivity index (χ0v) is 5.86. The maximum atomic E-state index is 5.19. The summed E-state index contributed by atoms with van der Waals surface area (Å²) in [4.78, 5) is 0. The monoisotopic (exact) mass is 145 g/mol. The highest BCUT2D eigenvalue weighted by atomic mass is 15.3. The van der Waals surface area contributed by atoms with Gasteiger partial charge >= 0.3 is 0 Å². The van der Waals surface area contributed by atoms with E-state index in [0.29, 0.717) is 11.3 Å². The van der Waals surface area contributed by atoms with Gasteiger partial charge in [-0.05, 0) is 12.1 Å². The average molecular weight is 145 g/mol. The molecule has 1 aromatic rings. The number of rotatable bonds is 1. The third-order valence-electron chi connectivity index (χ3n) is 1.23. The van der Waals surface area contributed by atoms with E-state index in [1.54, 1.807) is 12.1 Å². The Balaban J connectivity index is 3.15. The Bertz CT molecular complexity index is 309. The van der Waals surface area contributed by atoms with Gasteiger partial charge < -0.3 is 5.84 Å². The standard InChI is InChI=1S/C8H7N3/c1-2-7-5-3-4-6-8(7)10-11-9/h1,3-6H,(H2,9,10). The molecular weight excluding hydrogens is 138 g/mol. The molecule has 0 amide bonds. The highest BCUT2D eigenvalue weighted by molar-refractivity contribution is 5.53. The minimum atomic E-state index is 0.623. The van der Waals surface area contributed by atoms with Crippen LogP contribution < -0.4 is 5.84 Å². The minimum absolute atomic E-state index is 0.623. The molecule has 0 aromatic heterocycles. The van der Waals surface area contributed by atoms with Crippen molar-refractivity contribution in [2.75, 3.05) is 0 Å². The minimum Gasteiger partial charge on any atom is -0.305 e. The smallest absolute Gasteiger partial charge is 0.103 e. The fourth-order valence-corrected chi connectivity index (χ4v) is 0.745. The van der Waals surface area contributed by atoms with Crippen LogP contribution in [0.4, 0.5) is 5.69 Å². The molecule has 54 valence electrons. The maximum absolute atomic E-state index is 5.19. The largest absolute Gasteiger partial charge is 0.305 e. The summed E-state index contributed by atoms with van der Waals surface area (Å²) in [5.74, 6) is 7.34. The lowest BCUT2D eigenvalue weighted by molar-refractivity contribution is 1.06. The average Bonchev–Trinajstić information content (AvgIpc) is 2.06. The topological polar surface area (TPSA) is 50.7 Å². The van der Waals surface area contributed by atoms with Gasteiger partial charge in [0.25, 0.3) is 0 Å². The lowest BCUT2D eigenvalue weighted by Gasteiger charge is -1.93. The molecular formula is C8H7N3. The summed E-state index contributed by atoms with van der Waals surface area (Å²) >= 11 is 0. The van der Waals surface area contributed by atoms with Gasteiger partial charge in [0.2, 0.25) is 0 Å². The van der Waals surface area contributed by atoms with E-state index >= 15 is 0 Å². The van der Waals surface area contributed by atoms with Crippen molar-refractivity contribution in [2.45, 2.75) is 0 Å². The molecule has 0 aliphatic carbocycles. The number of terminal acetylenes is 1. The lowest BCUT2D eigenvalue weighted by Crippen LogP contribution is -1.77. The van der Waals surface area contributed by atoms with Crippen LogP contribution in [0.2, 0.25) is 0 Å². The van der Waals surface area contributed by atoms with Gasteiger partial charge in [-0.2, -0.15) is 0 Å². The van der Waals surface area contributed by atoms with Crippen LogP contribution in [-0.2, 0) is 0 Å². The van der Waals surface area contributed by atoms with Gasteiger partial charge in [-0.1, -0.05) is 23.3 Å². The van der Waals surface area contributed by atoms with Gasteiger partial charge in [-0.3, -0.25) is 0 Å². The van der Waals surface area contributed by atoms with Crippen LogP contribution in [-0.4, -0.2) is 0 Å². The highest BCUT2D eigenvalue weighted by Crippen LogP contribution is 2.16. The molecule has 0 bridgehead atoms. The Hall–Kier alpha value is -1.82. The third-order valence-corrected chi connectivity index (χ3v) is 1.23. The Labute approximate surface area is 64.9 Å². The number of nitrogens with two attached hydrogens (primary N) is 1. The predicted molar refractivity (Wildman–Crippen MR) is 43.1 cm³/mol. The Morgan fingerprint density at radius 1 is 1.36 bits per heavy atom. The molecule has 0 saturated heterocycles. The molecule has 11 heavy (non-hydrogen) atoms. The van der Waals surface area contributed by atoms with E-state index in [1.807, 2.05) is 12.1 Å². The van der Waals surface area contributed by atoms with E-state index in [0.717, 1.165) is 0 Å². The molecule has 3 heteroatoms. The van der Waals surface area contributed by atoms with Crippen molar-refractivity contribution in [1.29, 1.82) is 0 Å². The van der Waals surface area contributed by atoms with E-state index in [9.17, 15) is 0 Å². The first-order valence-electron chi connectivity index (χ1n) is 3.05. The fourth-order valence-electron chi connectivity index (χ4n) is 0.745. The van der Waals surface area contributed by atoms with Crippen molar-refractivity contribution < 1.29 is 0 Å². The van der Waals surface area contributed by atoms with E-state index in [4.69, 9.17) is 12.3 Å². The third kappa shape index (κ3) is 1.55. The van der Waals surface area contributed by atoms with Crippen molar-refractivity contribution in [3.05, 3.63) is 29.8 Å². The molecule has 0 atom stereocenters. The molecule has 0 aliphatic rings. The summed E-state index contributed by atoms with van der Waals surface area (Å²) in [6, 6.07) is 7.20. The molecule has 3 nitrogen and oxygen atoms in total. The number of benzene rings is 1. The van der Waals surface area contributed by atoms with E-state index < -0.39 is 0 Å². The molecule has 0 spiro atoms. The van der Waals surface area contributed by atoms with Crippen molar-refractivity contribution in [3.8, 4) is 12.3 Å². The molecule has 0 aliphatic heterocycles. The second-order valence-corrected chi connectivity index (χ2v) is 1.88. The van der Waals surface area contributed by atoms with Gasteiger partial charge in [0.15, 0.2) is 0 Å². The first kappa shape index (κ1) is 7.29. The maximum Gasteiger partial charge on any atom is 0.103 e. The van der Waals surface area contributed by atoms with Crippen molar-refractivity contribution in [2.24, 2.45) is 16.2 Å². The van der Waals surface area contributed by atoms with Gasteiger partial charge in [0.1, 0.15) is 5.69 Å². The number of hydrogen-bond donors (Lipinski definition) is 1. The Kier molecular flexibility index (Phi) is 2.24. The zero-order chi connectivity index (χ0) is 8.10. The second-order valence-electron chi connectivity index (χ2n) is 1.88. The van der Waals surface area contributed by atoms with Gasteiger partial charge in [0, 0.05) is 0 Å². The summed E-state index contributed by atoms with van der Waals surface area (Å²) in [5, 5.41) is 6.78. The Morgan fingerprint density at radius 2 is 2.09 bits per heavy atom. The van der Waals surface area contributed by atoms with Crippen molar-refractivity contribution >= 4 is 5.69 Å². The van der Waals surface area contributed by atoms with E-state index in [1.165, 1.54) is 0 Å². The first-order valence-corrected chi connectivity index (χ1v) is 3.05. The SMILES string of the molecule is C#Cc1ccccc1N=NN. The van der Waals surface area contributed by atoms with Crippen LogP contribution >= 0.6 is 0 Å². The number of hydrogen-bond acceptors (Lipinski definition) is 2. The van der Waals surface area contributed by atoms with Gasteiger partial charge in [-0.25, -0.2) is 0 Å². The molecule has 2 N–H and O–H groups in total. The highest BCUT2D eigenvalue weighted by Gasteiger charge is 1.94. The fraction of sp³-hybridized carbons (Fsp3) is 0. The molecule has 0 unspecified atom stereocenters. The summed E-state index contributed by atoms with van der Waals surface area (Å²) in [6.45, 7) is 0. The molecule has 0 saturated carbocycles. The Morgan fingerprint density at radius 3 is 2.73 bits per heavy atom. The van der Waals surface area contributed by atoms with Crippen LogP contribution in [0.3, 0.4) is 0 Å².